The van der Waals surface area contributed by atoms with E-state index >= 15 is 0 Å². The SMILES string of the molecule is Nc1ccccc1NC(=O)c1ccc2c(c1)CCC2NC(=O)Nc1ccc(Cl)cc1. The van der Waals surface area contributed by atoms with Gasteiger partial charge in [0, 0.05) is 16.3 Å². The summed E-state index contributed by atoms with van der Waals surface area (Å²) in [5, 5.41) is 9.25. The molecule has 1 aliphatic rings. The number of urea groups is 1. The fourth-order valence-corrected chi connectivity index (χ4v) is 3.70. The fraction of sp³-hybridized carbons (Fsp3) is 0.130. The van der Waals surface area contributed by atoms with Gasteiger partial charge in [0.1, 0.15) is 0 Å². The van der Waals surface area contributed by atoms with Crippen LogP contribution in [0.4, 0.5) is 21.9 Å². The maximum atomic E-state index is 12.6. The van der Waals surface area contributed by atoms with Crippen molar-refractivity contribution in [2.24, 2.45) is 0 Å². The number of para-hydroxylation sites is 2. The summed E-state index contributed by atoms with van der Waals surface area (Å²) in [7, 11) is 0. The number of benzene rings is 3. The number of amides is 3. The first kappa shape index (κ1) is 19.8. The number of fused-ring (bicyclic) bond motifs is 1. The van der Waals surface area contributed by atoms with Crippen LogP contribution >= 0.6 is 11.6 Å². The lowest BCUT2D eigenvalue weighted by atomic mass is 10.0. The van der Waals surface area contributed by atoms with Gasteiger partial charge in [0.2, 0.25) is 0 Å². The van der Waals surface area contributed by atoms with Crippen molar-refractivity contribution in [1.82, 2.24) is 5.32 Å². The van der Waals surface area contributed by atoms with E-state index in [1.807, 2.05) is 24.3 Å². The standard InChI is InChI=1S/C23H21ClN4O2/c24-16-7-9-17(10-8-16)26-23(30)28-20-12-6-14-13-15(5-11-18(14)20)22(29)27-21-4-2-1-3-19(21)25/h1-5,7-11,13,20H,6,12,25H2,(H,27,29)(H2,26,28,30). The molecule has 0 aromatic heterocycles. The Morgan fingerprint density at radius 3 is 2.50 bits per heavy atom. The van der Waals surface area contributed by atoms with Gasteiger partial charge in [0.25, 0.3) is 5.91 Å². The third-order valence-corrected chi connectivity index (χ3v) is 5.35. The molecule has 1 aliphatic carbocycles. The number of carbonyl (C=O) groups excluding carboxylic acids is 2. The van der Waals surface area contributed by atoms with Crippen molar-refractivity contribution in [3.63, 3.8) is 0 Å². The Labute approximate surface area is 179 Å². The van der Waals surface area contributed by atoms with Gasteiger partial charge in [-0.25, -0.2) is 4.79 Å². The Morgan fingerprint density at radius 1 is 0.967 bits per heavy atom. The maximum absolute atomic E-state index is 12.6. The molecule has 152 valence electrons. The van der Waals surface area contributed by atoms with E-state index < -0.39 is 0 Å². The molecule has 1 unspecified atom stereocenters. The van der Waals surface area contributed by atoms with Crippen LogP contribution in [0.25, 0.3) is 0 Å². The second-order valence-corrected chi connectivity index (χ2v) is 7.59. The topological polar surface area (TPSA) is 96.2 Å². The van der Waals surface area contributed by atoms with Gasteiger partial charge in [-0.1, -0.05) is 29.8 Å². The van der Waals surface area contributed by atoms with Gasteiger partial charge in [-0.15, -0.1) is 0 Å². The van der Waals surface area contributed by atoms with Crippen LogP contribution in [0.15, 0.2) is 66.7 Å². The Balaban J connectivity index is 1.41. The van der Waals surface area contributed by atoms with Crippen molar-refractivity contribution < 1.29 is 9.59 Å². The third kappa shape index (κ3) is 4.39. The highest BCUT2D eigenvalue weighted by Gasteiger charge is 2.25. The molecular weight excluding hydrogens is 400 g/mol. The van der Waals surface area contributed by atoms with E-state index in [-0.39, 0.29) is 18.0 Å². The van der Waals surface area contributed by atoms with Crippen LogP contribution in [0, 0.1) is 0 Å². The van der Waals surface area contributed by atoms with E-state index in [1.165, 1.54) is 0 Å². The molecule has 3 aromatic carbocycles. The van der Waals surface area contributed by atoms with Gasteiger partial charge in [-0.05, 0) is 72.5 Å². The van der Waals surface area contributed by atoms with Gasteiger partial charge < -0.3 is 21.7 Å². The Morgan fingerprint density at radius 2 is 1.73 bits per heavy atom. The number of hydrogen-bond donors (Lipinski definition) is 4. The van der Waals surface area contributed by atoms with Crippen LogP contribution in [-0.2, 0) is 6.42 Å². The zero-order valence-electron chi connectivity index (χ0n) is 16.1. The van der Waals surface area contributed by atoms with Crippen LogP contribution in [0.1, 0.15) is 33.9 Å². The first-order valence-electron chi connectivity index (χ1n) is 9.61. The van der Waals surface area contributed by atoms with Gasteiger partial charge in [0.15, 0.2) is 0 Å². The second-order valence-electron chi connectivity index (χ2n) is 7.15. The molecule has 3 amide bonds. The van der Waals surface area contributed by atoms with Crippen molar-refractivity contribution in [3.05, 3.63) is 88.4 Å². The third-order valence-electron chi connectivity index (χ3n) is 5.10. The van der Waals surface area contributed by atoms with Crippen molar-refractivity contribution in [2.45, 2.75) is 18.9 Å². The second kappa shape index (κ2) is 8.47. The minimum atomic E-state index is -0.281. The van der Waals surface area contributed by atoms with Crippen LogP contribution in [0.5, 0.6) is 0 Å². The largest absolute Gasteiger partial charge is 0.397 e. The summed E-state index contributed by atoms with van der Waals surface area (Å²) in [5.74, 6) is -0.215. The predicted octanol–water partition coefficient (Wildman–Crippen LogP) is 4.98. The van der Waals surface area contributed by atoms with Crippen LogP contribution < -0.4 is 21.7 Å². The molecule has 0 saturated carbocycles. The molecule has 1 atom stereocenters. The summed E-state index contributed by atoms with van der Waals surface area (Å²) < 4.78 is 0. The highest BCUT2D eigenvalue weighted by Crippen LogP contribution is 2.32. The number of rotatable bonds is 4. The number of aryl methyl sites for hydroxylation is 1. The molecule has 4 rings (SSSR count). The molecule has 0 fully saturated rings. The number of hydrogen-bond acceptors (Lipinski definition) is 3. The Bertz CT molecular complexity index is 1100. The number of anilines is 3. The predicted molar refractivity (Wildman–Crippen MR) is 120 cm³/mol. The number of carbonyl (C=O) groups is 2. The first-order chi connectivity index (χ1) is 14.5. The average Bonchev–Trinajstić information content (AvgIpc) is 3.13. The van der Waals surface area contributed by atoms with Crippen molar-refractivity contribution in [3.8, 4) is 0 Å². The molecule has 0 saturated heterocycles. The molecule has 0 heterocycles. The molecule has 6 nitrogen and oxygen atoms in total. The summed E-state index contributed by atoms with van der Waals surface area (Å²) in [5.41, 5.74) is 10.3. The zero-order valence-corrected chi connectivity index (χ0v) is 16.9. The average molecular weight is 421 g/mol. The highest BCUT2D eigenvalue weighted by molar-refractivity contribution is 6.30. The van der Waals surface area contributed by atoms with Gasteiger partial charge in [-0.3, -0.25) is 4.79 Å². The summed E-state index contributed by atoms with van der Waals surface area (Å²) in [6, 6.07) is 19.2. The normalized spacial score (nSPS) is 14.6. The molecule has 5 N–H and O–H groups in total. The summed E-state index contributed by atoms with van der Waals surface area (Å²) in [6.45, 7) is 0. The molecule has 7 heteroatoms. The van der Waals surface area contributed by atoms with Gasteiger partial charge >= 0.3 is 6.03 Å². The smallest absolute Gasteiger partial charge is 0.319 e. The lowest BCUT2D eigenvalue weighted by Crippen LogP contribution is -2.31. The minimum Gasteiger partial charge on any atom is -0.397 e. The van der Waals surface area contributed by atoms with Crippen LogP contribution in [0.2, 0.25) is 5.02 Å². The van der Waals surface area contributed by atoms with Gasteiger partial charge in [-0.2, -0.15) is 0 Å². The van der Waals surface area contributed by atoms with Crippen molar-refractivity contribution >= 4 is 40.6 Å². The number of nitrogen functional groups attached to an aromatic ring is 1. The number of nitrogens with one attached hydrogen (secondary N) is 3. The molecule has 0 radical (unpaired) electrons. The van der Waals surface area contributed by atoms with Crippen LogP contribution in [0.3, 0.4) is 0 Å². The lowest BCUT2D eigenvalue weighted by Gasteiger charge is -2.15. The molecule has 0 aliphatic heterocycles. The number of halogens is 1. The van der Waals surface area contributed by atoms with Gasteiger partial charge in [0.05, 0.1) is 17.4 Å². The molecule has 0 spiro atoms. The molecule has 0 bridgehead atoms. The van der Waals surface area contributed by atoms with E-state index in [1.54, 1.807) is 42.5 Å². The fourth-order valence-electron chi connectivity index (χ4n) is 3.57. The maximum Gasteiger partial charge on any atom is 0.319 e. The Kier molecular flexibility index (Phi) is 5.59. The molecule has 30 heavy (non-hydrogen) atoms. The summed E-state index contributed by atoms with van der Waals surface area (Å²) in [6.07, 6.45) is 1.57. The highest BCUT2D eigenvalue weighted by atomic mass is 35.5. The lowest BCUT2D eigenvalue weighted by molar-refractivity contribution is 0.102. The number of nitrogens with two attached hydrogens (primary N) is 1. The van der Waals surface area contributed by atoms with Crippen LogP contribution in [-0.4, -0.2) is 11.9 Å². The molecular formula is C23H21ClN4O2. The van der Waals surface area contributed by atoms with E-state index in [0.29, 0.717) is 27.6 Å². The van der Waals surface area contributed by atoms with E-state index in [0.717, 1.165) is 24.0 Å². The Hall–Kier alpha value is -3.51. The van der Waals surface area contributed by atoms with E-state index in [4.69, 9.17) is 17.3 Å². The summed E-state index contributed by atoms with van der Waals surface area (Å²) >= 11 is 5.87. The minimum absolute atomic E-state index is 0.103. The molecule has 3 aromatic rings. The zero-order chi connectivity index (χ0) is 21.1. The van der Waals surface area contributed by atoms with E-state index in [2.05, 4.69) is 16.0 Å². The summed E-state index contributed by atoms with van der Waals surface area (Å²) in [4.78, 5) is 24.9. The van der Waals surface area contributed by atoms with Crippen molar-refractivity contribution in [2.75, 3.05) is 16.4 Å². The quantitative estimate of drug-likeness (QED) is 0.448. The van der Waals surface area contributed by atoms with E-state index in [9.17, 15) is 9.59 Å². The first-order valence-corrected chi connectivity index (χ1v) is 9.99. The monoisotopic (exact) mass is 420 g/mol. The van der Waals surface area contributed by atoms with Crippen molar-refractivity contribution in [1.29, 1.82) is 0 Å².